The van der Waals surface area contributed by atoms with Crippen molar-refractivity contribution in [2.24, 2.45) is 10.4 Å². The van der Waals surface area contributed by atoms with E-state index in [-0.39, 0.29) is 11.4 Å². The first-order valence-electron chi connectivity index (χ1n) is 7.68. The first-order chi connectivity index (χ1) is 10.3. The van der Waals surface area contributed by atoms with Gasteiger partial charge in [-0.1, -0.05) is 25.5 Å². The van der Waals surface area contributed by atoms with Gasteiger partial charge in [0.2, 0.25) is 0 Å². The minimum Gasteiger partial charge on any atom is -0.465 e. The van der Waals surface area contributed by atoms with Gasteiger partial charge in [-0.15, -0.1) is 0 Å². The summed E-state index contributed by atoms with van der Waals surface area (Å²) in [6.45, 7) is 8.79. The fourth-order valence-electron chi connectivity index (χ4n) is 2.05. The van der Waals surface area contributed by atoms with Gasteiger partial charge < -0.3 is 4.74 Å². The topological polar surface area (TPSA) is 38.7 Å². The molecule has 1 rings (SSSR count). The van der Waals surface area contributed by atoms with Crippen molar-refractivity contribution in [3.8, 4) is 0 Å². The van der Waals surface area contributed by atoms with Crippen LogP contribution >= 0.6 is 0 Å². The minimum absolute atomic E-state index is 0.238. The van der Waals surface area contributed by atoms with Gasteiger partial charge in [-0.2, -0.15) is 0 Å². The molecule has 22 heavy (non-hydrogen) atoms. The smallest absolute Gasteiger partial charge is 0.337 e. The maximum absolute atomic E-state index is 11.4. The average Bonchev–Trinajstić information content (AvgIpc) is 2.46. The van der Waals surface area contributed by atoms with Gasteiger partial charge in [-0.3, -0.25) is 4.99 Å². The van der Waals surface area contributed by atoms with Crippen LogP contribution in [0.15, 0.2) is 40.9 Å². The Morgan fingerprint density at radius 1 is 1.23 bits per heavy atom. The molecule has 0 heterocycles. The van der Waals surface area contributed by atoms with Crippen LogP contribution in [0.4, 0.5) is 5.69 Å². The first kappa shape index (κ1) is 18.1. The maximum Gasteiger partial charge on any atom is 0.337 e. The second-order valence-electron chi connectivity index (χ2n) is 6.54. The van der Waals surface area contributed by atoms with Crippen molar-refractivity contribution in [1.82, 2.24) is 0 Å². The van der Waals surface area contributed by atoms with Crippen LogP contribution in [0.2, 0.25) is 0 Å². The van der Waals surface area contributed by atoms with Crippen LogP contribution in [0.5, 0.6) is 0 Å². The van der Waals surface area contributed by atoms with Gasteiger partial charge in [0, 0.05) is 6.21 Å². The number of aliphatic imine (C=N–C) groups is 1. The molecule has 3 heteroatoms. The van der Waals surface area contributed by atoms with Crippen LogP contribution in [-0.4, -0.2) is 19.3 Å². The molecule has 3 nitrogen and oxygen atoms in total. The molecule has 0 radical (unpaired) electrons. The summed E-state index contributed by atoms with van der Waals surface area (Å²) in [5, 5.41) is 0. The molecule has 0 unspecified atom stereocenters. The molecule has 0 aliphatic rings. The van der Waals surface area contributed by atoms with Crippen LogP contribution in [0.3, 0.4) is 0 Å². The average molecular weight is 301 g/mol. The van der Waals surface area contributed by atoms with Crippen molar-refractivity contribution in [2.75, 3.05) is 7.11 Å². The highest BCUT2D eigenvalue weighted by molar-refractivity contribution is 5.89. The third-order valence-electron chi connectivity index (χ3n) is 3.55. The highest BCUT2D eigenvalue weighted by Gasteiger charge is 2.15. The first-order valence-corrected chi connectivity index (χ1v) is 7.68. The van der Waals surface area contributed by atoms with E-state index in [1.807, 2.05) is 18.3 Å². The molecule has 0 aliphatic carbocycles. The number of esters is 1. The monoisotopic (exact) mass is 301 g/mol. The van der Waals surface area contributed by atoms with Gasteiger partial charge in [0.25, 0.3) is 0 Å². The number of hydrogen-bond donors (Lipinski definition) is 0. The lowest BCUT2D eigenvalue weighted by molar-refractivity contribution is 0.0601. The number of nitrogens with zero attached hydrogens (tertiary/aromatic N) is 1. The minimum atomic E-state index is -0.323. The lowest BCUT2D eigenvalue weighted by Crippen LogP contribution is -2.11. The molecule has 120 valence electrons. The van der Waals surface area contributed by atoms with E-state index in [1.165, 1.54) is 12.7 Å². The lowest BCUT2D eigenvalue weighted by Gasteiger charge is -2.21. The molecule has 0 bridgehead atoms. The number of methoxy groups -OCH3 is 1. The summed E-state index contributed by atoms with van der Waals surface area (Å²) in [6.07, 6.45) is 7.44. The van der Waals surface area contributed by atoms with Crippen LogP contribution in [0.1, 0.15) is 57.3 Å². The zero-order chi connectivity index (χ0) is 16.6. The normalized spacial score (nSPS) is 11.5. The van der Waals surface area contributed by atoms with Gasteiger partial charge in [0.1, 0.15) is 0 Å². The van der Waals surface area contributed by atoms with Crippen molar-refractivity contribution >= 4 is 17.9 Å². The second-order valence-corrected chi connectivity index (χ2v) is 6.54. The Morgan fingerprint density at radius 3 is 2.41 bits per heavy atom. The summed E-state index contributed by atoms with van der Waals surface area (Å²) < 4.78 is 4.67. The van der Waals surface area contributed by atoms with E-state index in [9.17, 15) is 4.79 Å². The van der Waals surface area contributed by atoms with E-state index in [2.05, 4.69) is 43.5 Å². The Labute approximate surface area is 134 Å². The van der Waals surface area contributed by atoms with E-state index in [4.69, 9.17) is 0 Å². The van der Waals surface area contributed by atoms with Gasteiger partial charge >= 0.3 is 5.97 Å². The molecule has 0 spiro atoms. The molecule has 0 saturated carbocycles. The molecule has 0 atom stereocenters. The van der Waals surface area contributed by atoms with Gasteiger partial charge in [-0.25, -0.2) is 4.79 Å². The van der Waals surface area contributed by atoms with E-state index < -0.39 is 0 Å². The Balaban J connectivity index is 2.54. The van der Waals surface area contributed by atoms with Crippen molar-refractivity contribution in [1.29, 1.82) is 0 Å². The predicted molar refractivity (Wildman–Crippen MR) is 93.0 cm³/mol. The van der Waals surface area contributed by atoms with E-state index in [0.717, 1.165) is 24.9 Å². The molecule has 0 N–H and O–H groups in total. The number of rotatable bonds is 7. The Morgan fingerprint density at radius 2 is 1.86 bits per heavy atom. The summed E-state index contributed by atoms with van der Waals surface area (Å²) in [5.41, 5.74) is 3.01. The van der Waals surface area contributed by atoms with Crippen molar-refractivity contribution in [3.05, 3.63) is 41.5 Å². The summed E-state index contributed by atoms with van der Waals surface area (Å²) >= 11 is 0. The maximum atomic E-state index is 11.4. The summed E-state index contributed by atoms with van der Waals surface area (Å²) in [4.78, 5) is 15.8. The van der Waals surface area contributed by atoms with E-state index in [0.29, 0.717) is 5.56 Å². The molecular formula is C19H27NO2. The third-order valence-corrected chi connectivity index (χ3v) is 3.55. The van der Waals surface area contributed by atoms with Crippen LogP contribution in [-0.2, 0) is 4.74 Å². The summed E-state index contributed by atoms with van der Waals surface area (Å²) in [5.74, 6) is -0.323. The molecular weight excluding hydrogens is 274 g/mol. The third kappa shape index (κ3) is 6.70. The van der Waals surface area contributed by atoms with Crippen molar-refractivity contribution in [2.45, 2.75) is 47.0 Å². The Kier molecular flexibility index (Phi) is 7.03. The SMILES string of the molecule is COC(=O)c1ccc(N=CCC(C)(C)CCC=C(C)C)cc1. The highest BCUT2D eigenvalue weighted by Crippen LogP contribution is 2.26. The largest absolute Gasteiger partial charge is 0.465 e. The van der Waals surface area contributed by atoms with Gasteiger partial charge in [0.15, 0.2) is 0 Å². The van der Waals surface area contributed by atoms with Crippen molar-refractivity contribution < 1.29 is 9.53 Å². The standard InChI is InChI=1S/C19H27NO2/c1-15(2)7-6-12-19(3,4)13-14-20-17-10-8-16(9-11-17)18(21)22-5/h7-11,14H,6,12-13H2,1-5H3. The van der Waals surface area contributed by atoms with E-state index in [1.54, 1.807) is 12.1 Å². The molecule has 1 aromatic rings. The molecule has 0 amide bonds. The molecule has 0 aromatic heterocycles. The summed E-state index contributed by atoms with van der Waals surface area (Å²) in [7, 11) is 1.38. The second kappa shape index (κ2) is 8.52. The fourth-order valence-corrected chi connectivity index (χ4v) is 2.05. The van der Waals surface area contributed by atoms with Crippen LogP contribution in [0.25, 0.3) is 0 Å². The Hall–Kier alpha value is -1.90. The van der Waals surface area contributed by atoms with Crippen LogP contribution < -0.4 is 0 Å². The number of allylic oxidation sites excluding steroid dienone is 2. The summed E-state index contributed by atoms with van der Waals surface area (Å²) in [6, 6.07) is 7.13. The quantitative estimate of drug-likeness (QED) is 0.387. The fraction of sp³-hybridized carbons (Fsp3) is 0.474. The molecule has 0 fully saturated rings. The number of ether oxygens (including phenoxy) is 1. The van der Waals surface area contributed by atoms with Crippen LogP contribution in [0, 0.1) is 5.41 Å². The van der Waals surface area contributed by atoms with Crippen molar-refractivity contribution in [3.63, 3.8) is 0 Å². The predicted octanol–water partition coefficient (Wildman–Crippen LogP) is 5.34. The van der Waals surface area contributed by atoms with Gasteiger partial charge in [0.05, 0.1) is 18.4 Å². The number of carbonyl (C=O) groups excluding carboxylic acids is 1. The lowest BCUT2D eigenvalue weighted by atomic mass is 9.84. The van der Waals surface area contributed by atoms with Gasteiger partial charge in [-0.05, 0) is 62.8 Å². The molecule has 1 aromatic carbocycles. The highest BCUT2D eigenvalue weighted by atomic mass is 16.5. The molecule has 0 saturated heterocycles. The number of benzene rings is 1. The Bertz CT molecular complexity index is 535. The number of hydrogen-bond acceptors (Lipinski definition) is 3. The number of carbonyl (C=O) groups is 1. The van der Waals surface area contributed by atoms with E-state index >= 15 is 0 Å². The zero-order valence-corrected chi connectivity index (χ0v) is 14.3. The molecule has 0 aliphatic heterocycles. The zero-order valence-electron chi connectivity index (χ0n) is 14.3.